The van der Waals surface area contributed by atoms with Crippen molar-refractivity contribution < 1.29 is 19.0 Å². The summed E-state index contributed by atoms with van der Waals surface area (Å²) in [5, 5.41) is 5.07. The highest BCUT2D eigenvalue weighted by molar-refractivity contribution is 7.98. The van der Waals surface area contributed by atoms with E-state index in [0.717, 1.165) is 30.7 Å². The van der Waals surface area contributed by atoms with Gasteiger partial charge in [-0.2, -0.15) is 9.50 Å². The molecule has 2 aromatic heterocycles. The molecule has 1 saturated heterocycles. The fraction of sp³-hybridized carbons (Fsp3) is 0.538. The minimum Gasteiger partial charge on any atom is -0.478 e. The summed E-state index contributed by atoms with van der Waals surface area (Å²) in [5.74, 6) is 1.83. The summed E-state index contributed by atoms with van der Waals surface area (Å²) in [5.41, 5.74) is 3.72. The molecule has 0 spiro atoms. The van der Waals surface area contributed by atoms with Crippen molar-refractivity contribution in [3.05, 3.63) is 40.6 Å². The third-order valence-corrected chi connectivity index (χ3v) is 7.31. The zero-order valence-corrected chi connectivity index (χ0v) is 22.4. The van der Waals surface area contributed by atoms with E-state index >= 15 is 0 Å². The number of fused-ring (bicyclic) bond motifs is 2. The molecule has 1 aliphatic carbocycles. The van der Waals surface area contributed by atoms with Crippen molar-refractivity contribution in [2.45, 2.75) is 63.8 Å². The molecule has 1 amide bonds. The maximum Gasteiger partial charge on any atom is 0.266 e. The Bertz CT molecular complexity index is 1290. The van der Waals surface area contributed by atoms with Gasteiger partial charge in [-0.25, -0.2) is 4.98 Å². The summed E-state index contributed by atoms with van der Waals surface area (Å²) in [4.78, 5) is 24.2. The Morgan fingerprint density at radius 2 is 2.03 bits per heavy atom. The van der Waals surface area contributed by atoms with E-state index in [2.05, 4.69) is 28.1 Å². The van der Waals surface area contributed by atoms with Crippen LogP contribution in [0.15, 0.2) is 23.4 Å². The molecule has 5 rings (SSSR count). The van der Waals surface area contributed by atoms with E-state index in [1.165, 1.54) is 28.5 Å². The number of hydrogen-bond donors (Lipinski definition) is 0. The van der Waals surface area contributed by atoms with Gasteiger partial charge in [0.2, 0.25) is 11.0 Å². The van der Waals surface area contributed by atoms with E-state index in [4.69, 9.17) is 14.2 Å². The first-order valence-electron chi connectivity index (χ1n) is 12.4. The molecular weight excluding hydrogens is 478 g/mol. The molecule has 0 radical (unpaired) electrons. The molecule has 1 fully saturated rings. The Morgan fingerprint density at radius 3 is 2.83 bits per heavy atom. The van der Waals surface area contributed by atoms with Crippen LogP contribution in [0.2, 0.25) is 0 Å². The second-order valence-corrected chi connectivity index (χ2v) is 10.7. The molecule has 36 heavy (non-hydrogen) atoms. The lowest BCUT2D eigenvalue weighted by molar-refractivity contribution is -0.153. The van der Waals surface area contributed by atoms with Gasteiger partial charge in [0.1, 0.15) is 18.5 Å². The number of carbonyl (C=O) groups excluding carboxylic acids is 1. The Labute approximate surface area is 215 Å². The zero-order chi connectivity index (χ0) is 25.4. The van der Waals surface area contributed by atoms with Gasteiger partial charge in [0.05, 0.1) is 13.2 Å². The first-order valence-corrected chi connectivity index (χ1v) is 13.6. The number of aryl methyl sites for hydroxylation is 2. The van der Waals surface area contributed by atoms with E-state index in [-0.39, 0.29) is 18.6 Å². The van der Waals surface area contributed by atoms with E-state index in [1.807, 2.05) is 44.1 Å². The van der Waals surface area contributed by atoms with E-state index in [1.54, 1.807) is 4.52 Å². The first-order chi connectivity index (χ1) is 17.2. The molecule has 0 bridgehead atoms. The summed E-state index contributed by atoms with van der Waals surface area (Å²) in [7, 11) is 0. The maximum atomic E-state index is 13.5. The number of aromatic nitrogens is 4. The van der Waals surface area contributed by atoms with Crippen molar-refractivity contribution in [3.63, 3.8) is 0 Å². The molecule has 9 nitrogen and oxygen atoms in total. The van der Waals surface area contributed by atoms with Gasteiger partial charge in [0, 0.05) is 18.3 Å². The highest BCUT2D eigenvalue weighted by atomic mass is 32.2. The zero-order valence-electron chi connectivity index (χ0n) is 21.5. The third-order valence-electron chi connectivity index (χ3n) is 6.77. The van der Waals surface area contributed by atoms with E-state index < -0.39 is 5.60 Å². The molecular formula is C26H33N5O4S. The normalized spacial score (nSPS) is 17.9. The van der Waals surface area contributed by atoms with Crippen LogP contribution in [0.5, 0.6) is 11.6 Å². The number of carbonyl (C=O) groups is 1. The first kappa shape index (κ1) is 24.8. The molecule has 1 aliphatic heterocycles. The van der Waals surface area contributed by atoms with Gasteiger partial charge < -0.3 is 19.1 Å². The number of amides is 1. The summed E-state index contributed by atoms with van der Waals surface area (Å²) >= 11 is 1.45. The lowest BCUT2D eigenvalue weighted by Gasteiger charge is -2.37. The molecule has 0 N–H and O–H groups in total. The standard InChI is InChI=1S/C26H33N5O4S/c1-16-9-10-21(20-8-6-7-19(16)20)35-26(3,4)23(32)30-11-12-33-18(14-30)15-34-22-13-17(2)27-24-28-25(36-5)29-31(22)24/h9-10,13,18H,6-8,11-12,14-15H2,1-5H3. The average molecular weight is 512 g/mol. The van der Waals surface area contributed by atoms with Gasteiger partial charge in [-0.15, -0.1) is 5.10 Å². The molecule has 3 aromatic rings. The van der Waals surface area contributed by atoms with Crippen LogP contribution in [0.1, 0.15) is 42.7 Å². The van der Waals surface area contributed by atoms with Crippen LogP contribution in [0.25, 0.3) is 5.78 Å². The minimum atomic E-state index is -0.988. The van der Waals surface area contributed by atoms with Crippen molar-refractivity contribution >= 4 is 23.4 Å². The quantitative estimate of drug-likeness (QED) is 0.446. The number of hydrogen-bond acceptors (Lipinski definition) is 8. The molecule has 0 saturated carbocycles. The summed E-state index contributed by atoms with van der Waals surface area (Å²) in [6.07, 6.45) is 4.86. The minimum absolute atomic E-state index is 0.0499. The third kappa shape index (κ3) is 4.88. The molecule has 1 unspecified atom stereocenters. The summed E-state index contributed by atoms with van der Waals surface area (Å²) in [6.45, 7) is 9.41. The number of benzene rings is 1. The maximum absolute atomic E-state index is 13.5. The van der Waals surface area contributed by atoms with Crippen molar-refractivity contribution in [1.29, 1.82) is 0 Å². The number of morpholine rings is 1. The molecule has 10 heteroatoms. The lowest BCUT2D eigenvalue weighted by atomic mass is 10.0. The molecule has 3 heterocycles. The number of rotatable bonds is 7. The SMILES string of the molecule is CSc1nc2nc(C)cc(OCC3CN(C(=O)C(C)(C)Oc4ccc(C)c5c4CCC5)CCO3)n2n1. The topological polar surface area (TPSA) is 91.1 Å². The number of ether oxygens (including phenoxy) is 3. The monoisotopic (exact) mass is 511 g/mol. The van der Waals surface area contributed by atoms with E-state index in [0.29, 0.717) is 36.5 Å². The average Bonchev–Trinajstić information content (AvgIpc) is 3.52. The van der Waals surface area contributed by atoms with Crippen molar-refractivity contribution in [2.75, 3.05) is 32.6 Å². The molecule has 2 aliphatic rings. The van der Waals surface area contributed by atoms with Crippen molar-refractivity contribution in [1.82, 2.24) is 24.5 Å². The molecule has 1 atom stereocenters. The lowest BCUT2D eigenvalue weighted by Crippen LogP contribution is -2.55. The summed E-state index contributed by atoms with van der Waals surface area (Å²) in [6, 6.07) is 5.93. The Balaban J connectivity index is 1.25. The fourth-order valence-electron chi connectivity index (χ4n) is 4.96. The predicted octanol–water partition coefficient (Wildman–Crippen LogP) is 3.42. The molecule has 1 aromatic carbocycles. The molecule has 192 valence electrons. The largest absolute Gasteiger partial charge is 0.478 e. The second kappa shape index (κ2) is 9.89. The number of thioether (sulfide) groups is 1. The van der Waals surface area contributed by atoms with Gasteiger partial charge in [0.25, 0.3) is 11.7 Å². The predicted molar refractivity (Wildman–Crippen MR) is 137 cm³/mol. The van der Waals surface area contributed by atoms with Crippen LogP contribution >= 0.6 is 11.8 Å². The summed E-state index contributed by atoms with van der Waals surface area (Å²) < 4.78 is 20.0. The van der Waals surface area contributed by atoms with Crippen LogP contribution in [0.3, 0.4) is 0 Å². The smallest absolute Gasteiger partial charge is 0.266 e. The van der Waals surface area contributed by atoms with Crippen molar-refractivity contribution in [2.24, 2.45) is 0 Å². The van der Waals surface area contributed by atoms with Crippen molar-refractivity contribution in [3.8, 4) is 11.6 Å². The Kier molecular flexibility index (Phi) is 6.82. The van der Waals surface area contributed by atoms with Crippen LogP contribution in [-0.4, -0.2) is 74.7 Å². The highest BCUT2D eigenvalue weighted by Crippen LogP contribution is 2.35. The Morgan fingerprint density at radius 1 is 1.22 bits per heavy atom. The van der Waals surface area contributed by atoms with Crippen LogP contribution in [0, 0.1) is 13.8 Å². The second-order valence-electron chi connectivity index (χ2n) is 9.90. The van der Waals surface area contributed by atoms with Gasteiger partial charge >= 0.3 is 0 Å². The van der Waals surface area contributed by atoms with Crippen LogP contribution in [0.4, 0.5) is 0 Å². The number of nitrogens with zero attached hydrogens (tertiary/aromatic N) is 5. The fourth-order valence-corrected chi connectivity index (χ4v) is 5.29. The van der Waals surface area contributed by atoms with E-state index in [9.17, 15) is 4.79 Å². The van der Waals surface area contributed by atoms with Crippen LogP contribution < -0.4 is 9.47 Å². The van der Waals surface area contributed by atoms with Gasteiger partial charge in [-0.05, 0) is 76.0 Å². The van der Waals surface area contributed by atoms with Gasteiger partial charge in [0.15, 0.2) is 5.60 Å². The van der Waals surface area contributed by atoms with Gasteiger partial charge in [-0.1, -0.05) is 17.8 Å². The van der Waals surface area contributed by atoms with Crippen LogP contribution in [-0.2, 0) is 22.4 Å². The highest BCUT2D eigenvalue weighted by Gasteiger charge is 2.38. The van der Waals surface area contributed by atoms with Gasteiger partial charge in [-0.3, -0.25) is 4.79 Å². The Hall–Kier alpha value is -2.85.